The highest BCUT2D eigenvalue weighted by molar-refractivity contribution is 5.40. The van der Waals surface area contributed by atoms with Crippen molar-refractivity contribution in [3.8, 4) is 11.8 Å². The fourth-order valence-corrected chi connectivity index (χ4v) is 1.95. The van der Waals surface area contributed by atoms with Gasteiger partial charge >= 0.3 is 0 Å². The van der Waals surface area contributed by atoms with Gasteiger partial charge in [0.05, 0.1) is 6.07 Å². The van der Waals surface area contributed by atoms with Crippen molar-refractivity contribution in [2.45, 2.75) is 19.5 Å². The summed E-state index contributed by atoms with van der Waals surface area (Å²) in [6, 6.07) is 12.7. The van der Waals surface area contributed by atoms with Crippen LogP contribution in [0.25, 0.3) is 0 Å². The summed E-state index contributed by atoms with van der Waals surface area (Å²) in [7, 11) is 0. The second-order valence-corrected chi connectivity index (χ2v) is 4.63. The molecule has 0 radical (unpaired) electrons. The summed E-state index contributed by atoms with van der Waals surface area (Å²) < 4.78 is 12.8. The maximum absolute atomic E-state index is 12.8. The van der Waals surface area contributed by atoms with E-state index in [0.29, 0.717) is 12.1 Å². The molecule has 0 bridgehead atoms. The van der Waals surface area contributed by atoms with Gasteiger partial charge < -0.3 is 5.11 Å². The van der Waals surface area contributed by atoms with Crippen LogP contribution in [-0.2, 0) is 6.54 Å². The van der Waals surface area contributed by atoms with Crippen LogP contribution in [0.1, 0.15) is 22.7 Å². The van der Waals surface area contributed by atoms with Crippen molar-refractivity contribution in [1.29, 1.82) is 5.26 Å². The molecule has 4 heteroatoms. The molecule has 0 saturated carbocycles. The molecule has 0 aliphatic carbocycles. The lowest BCUT2D eigenvalue weighted by molar-refractivity contribution is 0.459. The Labute approximate surface area is 117 Å². The van der Waals surface area contributed by atoms with Crippen LogP contribution >= 0.6 is 0 Å². The van der Waals surface area contributed by atoms with E-state index in [1.54, 1.807) is 30.3 Å². The molecular weight excluding hydrogens is 255 g/mol. The Hall–Kier alpha value is -2.38. The molecule has 1 unspecified atom stereocenters. The first-order valence-corrected chi connectivity index (χ1v) is 6.27. The molecule has 2 aromatic carbocycles. The third-order valence-corrected chi connectivity index (χ3v) is 3.05. The van der Waals surface area contributed by atoms with Crippen LogP contribution < -0.4 is 5.32 Å². The van der Waals surface area contributed by atoms with Gasteiger partial charge in [-0.1, -0.05) is 23.8 Å². The fraction of sp³-hybridized carbons (Fsp3) is 0.188. The summed E-state index contributed by atoms with van der Waals surface area (Å²) >= 11 is 0. The first-order chi connectivity index (χ1) is 9.60. The topological polar surface area (TPSA) is 56.0 Å². The molecule has 2 N–H and O–H groups in total. The van der Waals surface area contributed by atoms with E-state index in [2.05, 4.69) is 11.4 Å². The molecule has 0 heterocycles. The Balaban J connectivity index is 2.11. The van der Waals surface area contributed by atoms with Gasteiger partial charge in [0.25, 0.3) is 0 Å². The van der Waals surface area contributed by atoms with Crippen LogP contribution in [0.15, 0.2) is 42.5 Å². The van der Waals surface area contributed by atoms with Gasteiger partial charge in [-0.25, -0.2) is 4.39 Å². The molecule has 2 rings (SSSR count). The smallest absolute Gasteiger partial charge is 0.125 e. The van der Waals surface area contributed by atoms with Crippen molar-refractivity contribution in [3.63, 3.8) is 0 Å². The molecule has 3 nitrogen and oxygen atoms in total. The van der Waals surface area contributed by atoms with E-state index in [-0.39, 0.29) is 11.6 Å². The van der Waals surface area contributed by atoms with E-state index in [9.17, 15) is 14.8 Å². The number of rotatable bonds is 4. The standard InChI is InChI=1S/C16H15FN2O/c1-11-2-7-16(20)14(8-11)15(9-18)19-10-12-3-5-13(17)6-4-12/h2-8,15,19-20H,10H2,1H3. The lowest BCUT2D eigenvalue weighted by Crippen LogP contribution is -2.19. The highest BCUT2D eigenvalue weighted by Crippen LogP contribution is 2.25. The number of nitrogens with zero attached hydrogens (tertiary/aromatic N) is 1. The van der Waals surface area contributed by atoms with E-state index in [1.165, 1.54) is 12.1 Å². The summed E-state index contributed by atoms with van der Waals surface area (Å²) in [4.78, 5) is 0. The van der Waals surface area contributed by atoms with Crippen LogP contribution in [0.2, 0.25) is 0 Å². The van der Waals surface area contributed by atoms with E-state index in [4.69, 9.17) is 0 Å². The molecule has 1 atom stereocenters. The van der Waals surface area contributed by atoms with Gasteiger partial charge in [-0.15, -0.1) is 0 Å². The summed E-state index contributed by atoms with van der Waals surface area (Å²) in [6.45, 7) is 2.32. The molecule has 0 saturated heterocycles. The van der Waals surface area contributed by atoms with Crippen LogP contribution in [0.4, 0.5) is 4.39 Å². The summed E-state index contributed by atoms with van der Waals surface area (Å²) in [5, 5.41) is 22.1. The highest BCUT2D eigenvalue weighted by Gasteiger charge is 2.14. The third-order valence-electron chi connectivity index (χ3n) is 3.05. The molecule has 0 fully saturated rings. The van der Waals surface area contributed by atoms with Gasteiger partial charge in [0, 0.05) is 12.1 Å². The fourth-order valence-electron chi connectivity index (χ4n) is 1.95. The van der Waals surface area contributed by atoms with Crippen molar-refractivity contribution in [1.82, 2.24) is 5.32 Å². The van der Waals surface area contributed by atoms with Gasteiger partial charge in [0.15, 0.2) is 0 Å². The number of nitriles is 1. The average molecular weight is 270 g/mol. The Kier molecular flexibility index (Phi) is 4.34. The van der Waals surface area contributed by atoms with Crippen molar-refractivity contribution in [2.75, 3.05) is 0 Å². The zero-order valence-electron chi connectivity index (χ0n) is 11.1. The minimum Gasteiger partial charge on any atom is -0.508 e. The number of hydrogen-bond donors (Lipinski definition) is 2. The molecular formula is C16H15FN2O. The van der Waals surface area contributed by atoms with Crippen LogP contribution in [-0.4, -0.2) is 5.11 Å². The molecule has 0 amide bonds. The van der Waals surface area contributed by atoms with E-state index in [1.807, 2.05) is 6.92 Å². The quantitative estimate of drug-likeness (QED) is 0.897. The number of phenols is 1. The van der Waals surface area contributed by atoms with Crippen molar-refractivity contribution >= 4 is 0 Å². The predicted octanol–water partition coefficient (Wildman–Crippen LogP) is 3.19. The number of hydrogen-bond acceptors (Lipinski definition) is 3. The monoisotopic (exact) mass is 270 g/mol. The largest absolute Gasteiger partial charge is 0.508 e. The maximum Gasteiger partial charge on any atom is 0.125 e. The third kappa shape index (κ3) is 3.34. The van der Waals surface area contributed by atoms with Crippen LogP contribution in [0, 0.1) is 24.1 Å². The second kappa shape index (κ2) is 6.18. The number of nitrogens with one attached hydrogen (secondary N) is 1. The number of phenolic OH excluding ortho intramolecular Hbond substituents is 1. The molecule has 0 spiro atoms. The van der Waals surface area contributed by atoms with Gasteiger partial charge in [-0.3, -0.25) is 5.32 Å². The van der Waals surface area contributed by atoms with Crippen molar-refractivity contribution in [2.24, 2.45) is 0 Å². The average Bonchev–Trinajstić information content (AvgIpc) is 2.45. The van der Waals surface area contributed by atoms with Crippen LogP contribution in [0.3, 0.4) is 0 Å². The molecule has 0 aliphatic rings. The minimum absolute atomic E-state index is 0.0914. The van der Waals surface area contributed by atoms with Gasteiger partial charge in [0.2, 0.25) is 0 Å². The van der Waals surface area contributed by atoms with Crippen LogP contribution in [0.5, 0.6) is 5.75 Å². The van der Waals surface area contributed by atoms with Gasteiger partial charge in [-0.05, 0) is 36.8 Å². The maximum atomic E-state index is 12.8. The number of aromatic hydroxyl groups is 1. The normalized spacial score (nSPS) is 11.8. The van der Waals surface area contributed by atoms with E-state index in [0.717, 1.165) is 11.1 Å². The predicted molar refractivity (Wildman–Crippen MR) is 74.4 cm³/mol. The Morgan fingerprint density at radius 2 is 1.95 bits per heavy atom. The highest BCUT2D eigenvalue weighted by atomic mass is 19.1. The molecule has 20 heavy (non-hydrogen) atoms. The molecule has 0 aliphatic heterocycles. The number of halogens is 1. The van der Waals surface area contributed by atoms with E-state index < -0.39 is 6.04 Å². The Bertz CT molecular complexity index is 632. The van der Waals surface area contributed by atoms with Gasteiger partial charge in [-0.2, -0.15) is 5.26 Å². The SMILES string of the molecule is Cc1ccc(O)c(C(C#N)NCc2ccc(F)cc2)c1. The summed E-state index contributed by atoms with van der Waals surface area (Å²) in [5.41, 5.74) is 2.40. The Morgan fingerprint density at radius 3 is 2.60 bits per heavy atom. The number of aryl methyl sites for hydroxylation is 1. The molecule has 2 aromatic rings. The molecule has 0 aromatic heterocycles. The van der Waals surface area contributed by atoms with Gasteiger partial charge in [0.1, 0.15) is 17.6 Å². The first kappa shape index (κ1) is 14.0. The van der Waals surface area contributed by atoms with Crippen molar-refractivity contribution < 1.29 is 9.50 Å². The zero-order chi connectivity index (χ0) is 14.5. The Morgan fingerprint density at radius 1 is 1.25 bits per heavy atom. The second-order valence-electron chi connectivity index (χ2n) is 4.63. The number of benzene rings is 2. The zero-order valence-corrected chi connectivity index (χ0v) is 11.1. The lowest BCUT2D eigenvalue weighted by atomic mass is 10.0. The first-order valence-electron chi connectivity index (χ1n) is 6.27. The summed E-state index contributed by atoms with van der Waals surface area (Å²) in [5.74, 6) is -0.198. The summed E-state index contributed by atoms with van der Waals surface area (Å²) in [6.07, 6.45) is 0. The lowest BCUT2D eigenvalue weighted by Gasteiger charge is -2.14. The minimum atomic E-state index is -0.611. The van der Waals surface area contributed by atoms with E-state index >= 15 is 0 Å². The van der Waals surface area contributed by atoms with Crippen molar-refractivity contribution in [3.05, 3.63) is 65.0 Å². The molecule has 102 valence electrons.